The Morgan fingerprint density at radius 3 is 2.75 bits per heavy atom. The van der Waals surface area contributed by atoms with Crippen molar-refractivity contribution in [3.8, 4) is 0 Å². The van der Waals surface area contributed by atoms with E-state index in [-0.39, 0.29) is 18.0 Å². The van der Waals surface area contributed by atoms with Crippen molar-refractivity contribution in [1.82, 2.24) is 9.78 Å². The van der Waals surface area contributed by atoms with Crippen molar-refractivity contribution in [3.05, 3.63) is 50.5 Å². The number of carbonyl (C=O) groups is 1. The van der Waals surface area contributed by atoms with E-state index in [9.17, 15) is 9.18 Å². The monoisotopic (exact) mass is 358 g/mol. The average molecular weight is 360 g/mol. The van der Waals surface area contributed by atoms with Crippen LogP contribution >= 0.6 is 27.5 Å². The highest BCUT2D eigenvalue weighted by molar-refractivity contribution is 9.10. The summed E-state index contributed by atoms with van der Waals surface area (Å²) in [5.74, 6) is -0.523. The molecule has 6 heteroatoms. The van der Waals surface area contributed by atoms with E-state index < -0.39 is 0 Å². The number of carbonyl (C=O) groups excluding carboxylic acids is 1. The second kappa shape index (κ2) is 6.06. The molecule has 1 heterocycles. The maximum Gasteiger partial charge on any atom is 0.169 e. The molecule has 1 aromatic carbocycles. The maximum absolute atomic E-state index is 13.0. The third-order valence-corrected chi connectivity index (χ3v) is 4.15. The first-order chi connectivity index (χ1) is 9.43. The lowest BCUT2D eigenvalue weighted by Gasteiger charge is -2.05. The van der Waals surface area contributed by atoms with Crippen LogP contribution in [0.5, 0.6) is 0 Å². The molecule has 106 valence electrons. The minimum Gasteiger partial charge on any atom is -0.294 e. The molecule has 0 aliphatic rings. The van der Waals surface area contributed by atoms with Crippen molar-refractivity contribution in [3.63, 3.8) is 0 Å². The van der Waals surface area contributed by atoms with Crippen LogP contribution in [0, 0.1) is 5.82 Å². The van der Waals surface area contributed by atoms with E-state index in [1.165, 1.54) is 18.2 Å². The molecule has 0 N–H and O–H groups in total. The second-order valence-electron chi connectivity index (χ2n) is 4.41. The van der Waals surface area contributed by atoms with Gasteiger partial charge in [0.15, 0.2) is 5.78 Å². The summed E-state index contributed by atoms with van der Waals surface area (Å²) in [4.78, 5) is 12.3. The zero-order valence-electron chi connectivity index (χ0n) is 11.1. The Kier molecular flexibility index (Phi) is 4.60. The minimum atomic E-state index is -0.389. The molecule has 0 unspecified atom stereocenters. The average Bonchev–Trinajstić information content (AvgIpc) is 2.66. The lowest BCUT2D eigenvalue weighted by atomic mass is 10.1. The highest BCUT2D eigenvalue weighted by atomic mass is 79.9. The van der Waals surface area contributed by atoms with E-state index in [4.69, 9.17) is 11.6 Å². The molecule has 2 rings (SSSR count). The maximum atomic E-state index is 13.0. The summed E-state index contributed by atoms with van der Waals surface area (Å²) in [6, 6.07) is 4.00. The number of Topliss-reactive ketones (excluding diaryl/α,β-unsaturated/α-hetero) is 1. The molecule has 0 spiro atoms. The number of benzene rings is 1. The summed E-state index contributed by atoms with van der Waals surface area (Å²) < 4.78 is 15.1. The molecule has 0 radical (unpaired) electrons. The third kappa shape index (κ3) is 2.94. The van der Waals surface area contributed by atoms with Crippen molar-refractivity contribution < 1.29 is 9.18 Å². The fourth-order valence-electron chi connectivity index (χ4n) is 1.97. The summed E-state index contributed by atoms with van der Waals surface area (Å²) in [7, 11) is 1.76. The van der Waals surface area contributed by atoms with Gasteiger partial charge < -0.3 is 0 Å². The van der Waals surface area contributed by atoms with Crippen molar-refractivity contribution in [2.24, 2.45) is 7.05 Å². The number of aromatic nitrogens is 2. The molecular formula is C14H13BrClFN2O. The first-order valence-corrected chi connectivity index (χ1v) is 7.29. The molecule has 0 aliphatic heterocycles. The molecule has 1 aromatic heterocycles. The quantitative estimate of drug-likeness (QED) is 0.774. The fraction of sp³-hybridized carbons (Fsp3) is 0.286. The largest absolute Gasteiger partial charge is 0.294 e. The molecule has 0 saturated carbocycles. The van der Waals surface area contributed by atoms with Crippen molar-refractivity contribution in [2.75, 3.05) is 0 Å². The zero-order valence-corrected chi connectivity index (χ0v) is 13.4. The van der Waals surface area contributed by atoms with Crippen LogP contribution in [0.15, 0.2) is 22.7 Å². The molecule has 0 aliphatic carbocycles. The molecule has 2 aromatic rings. The van der Waals surface area contributed by atoms with Crippen molar-refractivity contribution in [1.29, 1.82) is 0 Å². The summed E-state index contributed by atoms with van der Waals surface area (Å²) in [5.41, 5.74) is 1.88. The van der Waals surface area contributed by atoms with Gasteiger partial charge in [-0.25, -0.2) is 4.39 Å². The minimum absolute atomic E-state index is 0.132. The van der Waals surface area contributed by atoms with Gasteiger partial charge in [-0.1, -0.05) is 18.5 Å². The molecule has 0 fully saturated rings. The van der Waals surface area contributed by atoms with Gasteiger partial charge in [0.2, 0.25) is 0 Å². The highest BCUT2D eigenvalue weighted by Gasteiger charge is 2.18. The van der Waals surface area contributed by atoms with E-state index >= 15 is 0 Å². The lowest BCUT2D eigenvalue weighted by molar-refractivity contribution is 0.0990. The fourth-order valence-corrected chi connectivity index (χ4v) is 2.91. The van der Waals surface area contributed by atoms with Gasteiger partial charge in [0.05, 0.1) is 22.8 Å². The molecule has 3 nitrogen and oxygen atoms in total. The Bertz CT molecular complexity index is 669. The third-order valence-electron chi connectivity index (χ3n) is 3.06. The SMILES string of the molecule is CCc1nn(C)c(CC(=O)c2ccc(F)cc2Br)c1Cl. The van der Waals surface area contributed by atoms with Crippen LogP contribution in [-0.4, -0.2) is 15.6 Å². The standard InChI is InChI=1S/C14H13BrClFN2O/c1-3-11-14(16)12(19(2)18-11)7-13(20)9-5-4-8(17)6-10(9)15/h4-6H,3,7H2,1-2H3. The molecule has 20 heavy (non-hydrogen) atoms. The van der Waals surface area contributed by atoms with Crippen LogP contribution in [0.2, 0.25) is 5.02 Å². The van der Waals surface area contributed by atoms with Gasteiger partial charge in [0.1, 0.15) is 5.82 Å². The Hall–Kier alpha value is -1.20. The summed E-state index contributed by atoms with van der Waals surface area (Å²) in [6.45, 7) is 1.95. The van der Waals surface area contributed by atoms with Crippen molar-refractivity contribution >= 4 is 33.3 Å². The summed E-state index contributed by atoms with van der Waals surface area (Å²) >= 11 is 9.42. The number of hydrogen-bond acceptors (Lipinski definition) is 2. The van der Waals surface area contributed by atoms with E-state index in [1.54, 1.807) is 11.7 Å². The van der Waals surface area contributed by atoms with Gasteiger partial charge in [-0.05, 0) is 40.5 Å². The number of nitrogens with zero attached hydrogens (tertiary/aromatic N) is 2. The van der Waals surface area contributed by atoms with Crippen LogP contribution in [0.4, 0.5) is 4.39 Å². The Morgan fingerprint density at radius 2 is 2.20 bits per heavy atom. The highest BCUT2D eigenvalue weighted by Crippen LogP contribution is 2.24. The van der Waals surface area contributed by atoms with Gasteiger partial charge in [0.25, 0.3) is 0 Å². The molecule has 0 saturated heterocycles. The van der Waals surface area contributed by atoms with Crippen LogP contribution < -0.4 is 0 Å². The number of ketones is 1. The van der Waals surface area contributed by atoms with Crippen LogP contribution in [0.1, 0.15) is 28.7 Å². The smallest absolute Gasteiger partial charge is 0.169 e. The molecule has 0 atom stereocenters. The van der Waals surface area contributed by atoms with Gasteiger partial charge in [-0.2, -0.15) is 5.10 Å². The predicted molar refractivity (Wildman–Crippen MR) is 79.7 cm³/mol. The lowest BCUT2D eigenvalue weighted by Crippen LogP contribution is -2.09. The number of aryl methyl sites for hydroxylation is 2. The van der Waals surface area contributed by atoms with Gasteiger partial charge in [0, 0.05) is 17.1 Å². The topological polar surface area (TPSA) is 34.9 Å². The number of rotatable bonds is 4. The van der Waals surface area contributed by atoms with Crippen LogP contribution in [0.25, 0.3) is 0 Å². The number of halogens is 3. The first-order valence-electron chi connectivity index (χ1n) is 6.12. The molecule has 0 amide bonds. The Balaban J connectivity index is 2.30. The summed E-state index contributed by atoms with van der Waals surface area (Å²) in [5, 5.41) is 4.80. The summed E-state index contributed by atoms with van der Waals surface area (Å²) in [6.07, 6.45) is 0.841. The van der Waals surface area contributed by atoms with E-state index in [2.05, 4.69) is 21.0 Å². The van der Waals surface area contributed by atoms with Crippen LogP contribution in [-0.2, 0) is 19.9 Å². The van der Waals surface area contributed by atoms with Crippen LogP contribution in [0.3, 0.4) is 0 Å². The Labute approximate surface area is 129 Å². The van der Waals surface area contributed by atoms with E-state index in [0.717, 1.165) is 5.69 Å². The normalized spacial score (nSPS) is 10.8. The van der Waals surface area contributed by atoms with Gasteiger partial charge in [-0.3, -0.25) is 9.48 Å². The van der Waals surface area contributed by atoms with E-state index in [1.807, 2.05) is 6.92 Å². The zero-order chi connectivity index (χ0) is 14.9. The Morgan fingerprint density at radius 1 is 1.50 bits per heavy atom. The predicted octanol–water partition coefficient (Wildman–Crippen LogP) is 3.96. The second-order valence-corrected chi connectivity index (χ2v) is 5.64. The van der Waals surface area contributed by atoms with Crippen molar-refractivity contribution in [2.45, 2.75) is 19.8 Å². The van der Waals surface area contributed by atoms with Gasteiger partial charge >= 0.3 is 0 Å². The molecular weight excluding hydrogens is 347 g/mol. The van der Waals surface area contributed by atoms with E-state index in [0.29, 0.717) is 27.2 Å². The first kappa shape index (κ1) is 15.2. The van der Waals surface area contributed by atoms with Gasteiger partial charge in [-0.15, -0.1) is 0 Å². The molecule has 0 bridgehead atoms. The number of hydrogen-bond donors (Lipinski definition) is 0.